The van der Waals surface area contributed by atoms with Crippen LogP contribution in [0.3, 0.4) is 0 Å². The normalized spacial score (nSPS) is 11.4. The summed E-state index contributed by atoms with van der Waals surface area (Å²) in [7, 11) is 0. The van der Waals surface area contributed by atoms with E-state index in [9.17, 15) is 18.0 Å². The number of anilines is 1. The fraction of sp³-hybridized carbons (Fsp3) is 0.111. The molecule has 3 aromatic rings. The number of carbonyl (C=O) groups is 1. The first kappa shape index (κ1) is 18.6. The lowest BCUT2D eigenvalue weighted by Crippen LogP contribution is -2.07. The maximum Gasteiger partial charge on any atom is 0.416 e. The number of rotatable bonds is 5. The second kappa shape index (κ2) is 7.59. The van der Waals surface area contributed by atoms with Crippen LogP contribution in [0, 0.1) is 0 Å². The van der Waals surface area contributed by atoms with Gasteiger partial charge in [0.2, 0.25) is 5.78 Å². The number of nitrogens with one attached hydrogen (secondary N) is 1. The smallest absolute Gasteiger partial charge is 0.357 e. The second-order valence-electron chi connectivity index (χ2n) is 5.38. The third-order valence-electron chi connectivity index (χ3n) is 3.57. The van der Waals surface area contributed by atoms with Gasteiger partial charge in [-0.05, 0) is 23.8 Å². The van der Waals surface area contributed by atoms with Gasteiger partial charge in [0.1, 0.15) is 0 Å². The highest BCUT2D eigenvalue weighted by Crippen LogP contribution is 2.30. The Morgan fingerprint density at radius 1 is 1.15 bits per heavy atom. The van der Waals surface area contributed by atoms with Gasteiger partial charge in [-0.1, -0.05) is 57.6 Å². The lowest BCUT2D eigenvalue weighted by molar-refractivity contribution is -0.137. The number of thiazole rings is 1. The Hall–Kier alpha value is -2.19. The quantitative estimate of drug-likeness (QED) is 0.512. The Labute approximate surface area is 160 Å². The molecule has 0 amide bonds. The molecule has 0 saturated carbocycles. The maximum absolute atomic E-state index is 12.8. The summed E-state index contributed by atoms with van der Waals surface area (Å²) in [6.45, 7) is 0.506. The monoisotopic (exact) mass is 440 g/mol. The number of benzene rings is 2. The summed E-state index contributed by atoms with van der Waals surface area (Å²) in [6.07, 6.45) is -3.12. The number of nitrogens with zero attached hydrogens (tertiary/aromatic N) is 1. The van der Waals surface area contributed by atoms with E-state index in [0.29, 0.717) is 11.7 Å². The van der Waals surface area contributed by atoms with Crippen molar-refractivity contribution in [3.8, 4) is 0 Å². The zero-order valence-corrected chi connectivity index (χ0v) is 15.6. The van der Waals surface area contributed by atoms with Gasteiger partial charge in [0.05, 0.1) is 16.6 Å². The molecule has 26 heavy (non-hydrogen) atoms. The van der Waals surface area contributed by atoms with Crippen LogP contribution in [0.2, 0.25) is 0 Å². The minimum Gasteiger partial charge on any atom is -0.357 e. The average molecular weight is 441 g/mol. The fourth-order valence-corrected chi connectivity index (χ4v) is 3.45. The number of hydrogen-bond donors (Lipinski definition) is 1. The molecule has 8 heteroatoms. The Kier molecular flexibility index (Phi) is 5.43. The number of aromatic nitrogens is 1. The highest BCUT2D eigenvalue weighted by atomic mass is 79.9. The van der Waals surface area contributed by atoms with E-state index < -0.39 is 17.5 Å². The molecule has 3 nitrogen and oxygen atoms in total. The summed E-state index contributed by atoms with van der Waals surface area (Å²) >= 11 is 4.55. The van der Waals surface area contributed by atoms with E-state index in [4.69, 9.17) is 0 Å². The van der Waals surface area contributed by atoms with Gasteiger partial charge >= 0.3 is 6.18 Å². The van der Waals surface area contributed by atoms with Crippen LogP contribution < -0.4 is 5.32 Å². The summed E-state index contributed by atoms with van der Waals surface area (Å²) in [4.78, 5) is 16.8. The fourth-order valence-electron chi connectivity index (χ4n) is 2.25. The molecular weight excluding hydrogens is 429 g/mol. The standard InChI is InChI=1S/C18H12BrF3N2OS/c19-14-7-2-1-4-12(14)9-23-17-24-10-15(26-17)16(25)11-5-3-6-13(8-11)18(20,21)22/h1-8,10H,9H2,(H,23,24). The molecule has 0 bridgehead atoms. The van der Waals surface area contributed by atoms with Crippen molar-refractivity contribution >= 4 is 38.2 Å². The first-order chi connectivity index (χ1) is 12.3. The van der Waals surface area contributed by atoms with Crippen LogP contribution in [-0.4, -0.2) is 10.8 Å². The van der Waals surface area contributed by atoms with E-state index >= 15 is 0 Å². The predicted octanol–water partition coefficient (Wildman–Crippen LogP) is 5.77. The molecular formula is C18H12BrF3N2OS. The molecule has 3 rings (SSSR count). The molecule has 2 aromatic carbocycles. The van der Waals surface area contributed by atoms with Gasteiger partial charge in [-0.3, -0.25) is 4.79 Å². The molecule has 1 heterocycles. The van der Waals surface area contributed by atoms with Crippen LogP contribution in [-0.2, 0) is 12.7 Å². The van der Waals surface area contributed by atoms with Gasteiger partial charge in [-0.2, -0.15) is 13.2 Å². The van der Waals surface area contributed by atoms with E-state index in [1.54, 1.807) is 0 Å². The first-order valence-electron chi connectivity index (χ1n) is 7.49. The van der Waals surface area contributed by atoms with E-state index in [1.807, 2.05) is 24.3 Å². The van der Waals surface area contributed by atoms with Crippen LogP contribution in [0.25, 0.3) is 0 Å². The third-order valence-corrected chi connectivity index (χ3v) is 5.30. The molecule has 0 saturated heterocycles. The van der Waals surface area contributed by atoms with Gasteiger partial charge in [0, 0.05) is 16.6 Å². The predicted molar refractivity (Wildman–Crippen MR) is 98.5 cm³/mol. The van der Waals surface area contributed by atoms with Crippen LogP contribution >= 0.6 is 27.3 Å². The number of ketones is 1. The molecule has 0 spiro atoms. The van der Waals surface area contributed by atoms with Crippen molar-refractivity contribution in [2.75, 3.05) is 5.32 Å². The van der Waals surface area contributed by atoms with Crippen molar-refractivity contribution < 1.29 is 18.0 Å². The molecule has 0 radical (unpaired) electrons. The zero-order valence-electron chi connectivity index (χ0n) is 13.2. The number of halogens is 4. The number of hydrogen-bond acceptors (Lipinski definition) is 4. The van der Waals surface area contributed by atoms with Crippen molar-refractivity contribution in [3.63, 3.8) is 0 Å². The van der Waals surface area contributed by atoms with Crippen molar-refractivity contribution in [1.82, 2.24) is 4.98 Å². The van der Waals surface area contributed by atoms with E-state index in [2.05, 4.69) is 26.2 Å². The molecule has 134 valence electrons. The summed E-state index contributed by atoms with van der Waals surface area (Å²) in [5.41, 5.74) is 0.162. The lowest BCUT2D eigenvalue weighted by Gasteiger charge is -2.07. The van der Waals surface area contributed by atoms with Crippen molar-refractivity contribution in [2.45, 2.75) is 12.7 Å². The first-order valence-corrected chi connectivity index (χ1v) is 9.10. The van der Waals surface area contributed by atoms with Crippen LogP contribution in [0.5, 0.6) is 0 Å². The van der Waals surface area contributed by atoms with Crippen molar-refractivity contribution in [3.05, 3.63) is 80.8 Å². The Morgan fingerprint density at radius 2 is 1.92 bits per heavy atom. The molecule has 1 aromatic heterocycles. The lowest BCUT2D eigenvalue weighted by atomic mass is 10.1. The van der Waals surface area contributed by atoms with Crippen LogP contribution in [0.15, 0.2) is 59.2 Å². The number of carbonyl (C=O) groups excluding carboxylic acids is 1. The third kappa shape index (κ3) is 4.31. The topological polar surface area (TPSA) is 42.0 Å². The van der Waals surface area contributed by atoms with Gasteiger partial charge < -0.3 is 5.32 Å². The zero-order chi connectivity index (χ0) is 18.7. The van der Waals surface area contributed by atoms with Crippen LogP contribution in [0.4, 0.5) is 18.3 Å². The van der Waals surface area contributed by atoms with E-state index in [-0.39, 0.29) is 10.4 Å². The van der Waals surface area contributed by atoms with Gasteiger partial charge in [0.15, 0.2) is 5.13 Å². The molecule has 0 aliphatic heterocycles. The average Bonchev–Trinajstić information content (AvgIpc) is 3.09. The molecule has 0 atom stereocenters. The van der Waals surface area contributed by atoms with Crippen molar-refractivity contribution in [1.29, 1.82) is 0 Å². The minimum absolute atomic E-state index is 0.0131. The Morgan fingerprint density at radius 3 is 2.65 bits per heavy atom. The summed E-state index contributed by atoms with van der Waals surface area (Å²) < 4.78 is 39.3. The minimum atomic E-state index is -4.49. The Balaban J connectivity index is 1.73. The van der Waals surface area contributed by atoms with Gasteiger partial charge in [-0.25, -0.2) is 4.98 Å². The van der Waals surface area contributed by atoms with Gasteiger partial charge in [0.25, 0.3) is 0 Å². The highest BCUT2D eigenvalue weighted by molar-refractivity contribution is 9.10. The van der Waals surface area contributed by atoms with Gasteiger partial charge in [-0.15, -0.1) is 0 Å². The molecule has 0 aliphatic rings. The summed E-state index contributed by atoms with van der Waals surface area (Å²) in [5.74, 6) is -0.484. The Bertz CT molecular complexity index is 940. The SMILES string of the molecule is O=C(c1cccc(C(F)(F)F)c1)c1cnc(NCc2ccccc2Br)s1. The van der Waals surface area contributed by atoms with Crippen molar-refractivity contribution in [2.24, 2.45) is 0 Å². The second-order valence-corrected chi connectivity index (χ2v) is 7.27. The molecule has 0 unspecified atom stereocenters. The maximum atomic E-state index is 12.8. The van der Waals surface area contributed by atoms with E-state index in [0.717, 1.165) is 33.5 Å². The summed E-state index contributed by atoms with van der Waals surface area (Å²) in [5, 5.41) is 3.63. The largest absolute Gasteiger partial charge is 0.416 e. The molecule has 1 N–H and O–H groups in total. The summed E-state index contributed by atoms with van der Waals surface area (Å²) in [6, 6.07) is 12.1. The van der Waals surface area contributed by atoms with E-state index in [1.165, 1.54) is 18.3 Å². The number of alkyl halides is 3. The molecule has 0 fully saturated rings. The molecule has 0 aliphatic carbocycles. The van der Waals surface area contributed by atoms with Crippen LogP contribution in [0.1, 0.15) is 26.4 Å². The highest BCUT2D eigenvalue weighted by Gasteiger charge is 2.31.